The third kappa shape index (κ3) is 15.7. The second-order valence-electron chi connectivity index (χ2n) is 22.6. The highest BCUT2D eigenvalue weighted by molar-refractivity contribution is 6.03. The zero-order valence-electron chi connectivity index (χ0n) is 50.6. The quantitative estimate of drug-likeness (QED) is 0.0532. The minimum Gasteiger partial charge on any atom is -0.508 e. The second-order valence-corrected chi connectivity index (χ2v) is 22.6. The van der Waals surface area contributed by atoms with Crippen LogP contribution in [-0.2, 0) is 26.2 Å². The Balaban J connectivity index is 0.000000199. The number of fused-ring (bicyclic) bond motifs is 4. The summed E-state index contributed by atoms with van der Waals surface area (Å²) in [5, 5.41) is 11.5. The standard InChI is InChI=1S/C30H45N3O4.C26H22F2N4O2.C10H17NO2/c1-7-13-25(35)16-17-26(24(5)34)33-27-14-12-15-28(29(27)31(6)30(33)36)37-22-11-10-20-32(19-8-2)21-18-23(4)9-3;1-4-17-20(27)8-7-15-10-16(33)11-18(21(15)17)23-22(28)24-19(12-29-23)25(31-26(30-24)34-3)32-9-5-6-14(2)13-32;1-8(12)13-7-10-5-4-9-3-2-6-11(9)10/h12,14-15,23,26H,7-9,13,16-22H2,1-6H3;1,7-8,10-12,14,33H,5-6,9,13H2,2-3H3;9-10H,2-7H2,1H3. The third-order valence-electron chi connectivity index (χ3n) is 16.4. The van der Waals surface area contributed by atoms with Crippen molar-refractivity contribution in [2.24, 2.45) is 18.9 Å². The normalized spacial score (nSPS) is 17.3. The lowest BCUT2D eigenvalue weighted by Gasteiger charge is -2.32. The number of hydrogen-bond acceptors (Lipinski definition) is 14. The molecule has 3 aliphatic heterocycles. The number of nitrogens with zero attached hydrogens (tertiary/aromatic N) is 8. The van der Waals surface area contributed by atoms with E-state index in [4.69, 9.17) is 20.6 Å². The Kier molecular flexibility index (Phi) is 23.2. The zero-order chi connectivity index (χ0) is 60.6. The topological polar surface area (TPSA) is 174 Å². The zero-order valence-corrected chi connectivity index (χ0v) is 50.6. The van der Waals surface area contributed by atoms with Gasteiger partial charge in [-0.3, -0.25) is 38.3 Å². The predicted molar refractivity (Wildman–Crippen MR) is 326 cm³/mol. The van der Waals surface area contributed by atoms with Gasteiger partial charge < -0.3 is 24.2 Å². The van der Waals surface area contributed by atoms with Crippen molar-refractivity contribution in [3.63, 3.8) is 0 Å². The highest BCUT2D eigenvalue weighted by atomic mass is 19.1. The highest BCUT2D eigenvalue weighted by Crippen LogP contribution is 2.40. The van der Waals surface area contributed by atoms with Crippen LogP contribution in [0, 0.1) is 47.7 Å². The maximum atomic E-state index is 16.0. The number of para-hydroxylation sites is 1. The molecular formula is C66H84F2N8O8. The number of methoxy groups -OCH3 is 1. The monoisotopic (exact) mass is 1150 g/mol. The van der Waals surface area contributed by atoms with Crippen LogP contribution in [0.1, 0.15) is 144 Å². The van der Waals surface area contributed by atoms with Gasteiger partial charge in [-0.1, -0.05) is 70.9 Å². The molecule has 0 aliphatic carbocycles. The summed E-state index contributed by atoms with van der Waals surface area (Å²) in [5.74, 6) is 9.34. The first-order chi connectivity index (χ1) is 40.4. The largest absolute Gasteiger partial charge is 0.508 e. The molecule has 5 unspecified atom stereocenters. The molecule has 3 saturated heterocycles. The molecule has 0 bridgehead atoms. The van der Waals surface area contributed by atoms with E-state index in [9.17, 15) is 28.7 Å². The molecule has 16 nitrogen and oxygen atoms in total. The van der Waals surface area contributed by atoms with Gasteiger partial charge in [-0.25, -0.2) is 13.6 Å². The van der Waals surface area contributed by atoms with Gasteiger partial charge >= 0.3 is 17.7 Å². The summed E-state index contributed by atoms with van der Waals surface area (Å²) in [5.41, 5.74) is 1.03. The molecule has 0 saturated carbocycles. The summed E-state index contributed by atoms with van der Waals surface area (Å²) in [4.78, 5) is 68.6. The number of Topliss-reactive ketones (excluding diaryl/α,β-unsaturated/α-hetero) is 2. The van der Waals surface area contributed by atoms with Gasteiger partial charge in [0.05, 0.1) is 36.2 Å². The summed E-state index contributed by atoms with van der Waals surface area (Å²) in [7, 11) is 3.10. The van der Waals surface area contributed by atoms with Gasteiger partial charge in [0.1, 0.15) is 58.9 Å². The molecule has 5 atom stereocenters. The lowest BCUT2D eigenvalue weighted by molar-refractivity contribution is -0.142. The number of aromatic hydroxyl groups is 1. The molecule has 6 aromatic rings. The summed E-state index contributed by atoms with van der Waals surface area (Å²) < 4.78 is 49.9. The average molecular weight is 1160 g/mol. The Bertz CT molecular complexity index is 3450. The van der Waals surface area contributed by atoms with Crippen LogP contribution in [0.4, 0.5) is 14.6 Å². The number of imidazole rings is 1. The average Bonchev–Trinajstić information content (AvgIpc) is 1.65. The molecule has 9 rings (SSSR count). The predicted octanol–water partition coefficient (Wildman–Crippen LogP) is 11.4. The number of carbonyl (C=O) groups excluding carboxylic acids is 3. The van der Waals surface area contributed by atoms with Crippen molar-refractivity contribution in [2.45, 2.75) is 150 Å². The molecular weight excluding hydrogens is 1070 g/mol. The molecule has 0 amide bonds. The first-order valence-electron chi connectivity index (χ1n) is 29.9. The number of aryl methyl sites for hydroxylation is 1. The van der Waals surface area contributed by atoms with Crippen molar-refractivity contribution in [2.75, 3.05) is 64.5 Å². The molecule has 18 heteroatoms. The Hall–Kier alpha value is -7.41. The Morgan fingerprint density at radius 2 is 1.74 bits per heavy atom. The smallest absolute Gasteiger partial charge is 0.329 e. The molecule has 450 valence electrons. The van der Waals surface area contributed by atoms with E-state index < -0.39 is 17.7 Å². The van der Waals surface area contributed by atoms with Crippen LogP contribution in [0.25, 0.3) is 44.0 Å². The van der Waals surface area contributed by atoms with E-state index in [2.05, 4.69) is 75.1 Å². The van der Waals surface area contributed by atoms with E-state index in [1.165, 1.54) is 106 Å². The maximum absolute atomic E-state index is 16.0. The van der Waals surface area contributed by atoms with Crippen LogP contribution >= 0.6 is 0 Å². The number of ether oxygens (including phenoxy) is 3. The van der Waals surface area contributed by atoms with E-state index in [-0.39, 0.29) is 75.7 Å². The molecule has 84 heavy (non-hydrogen) atoms. The Labute approximate surface area is 493 Å². The molecule has 3 aromatic heterocycles. The molecule has 3 fully saturated rings. The maximum Gasteiger partial charge on any atom is 0.329 e. The number of halogens is 2. The number of pyridine rings is 1. The molecule has 6 heterocycles. The van der Waals surface area contributed by atoms with Gasteiger partial charge in [-0.15, -0.1) is 6.42 Å². The van der Waals surface area contributed by atoms with Crippen LogP contribution in [0.15, 0.2) is 53.5 Å². The highest BCUT2D eigenvalue weighted by Gasteiger charge is 2.37. The van der Waals surface area contributed by atoms with Gasteiger partial charge in [0.25, 0.3) is 0 Å². The summed E-state index contributed by atoms with van der Waals surface area (Å²) in [6.07, 6.45) is 19.7. The van der Waals surface area contributed by atoms with Crippen molar-refractivity contribution >= 4 is 56.1 Å². The Morgan fingerprint density at radius 1 is 0.952 bits per heavy atom. The van der Waals surface area contributed by atoms with Crippen molar-refractivity contribution < 1.29 is 42.5 Å². The van der Waals surface area contributed by atoms with Gasteiger partial charge in [-0.2, -0.15) is 9.97 Å². The lowest BCUT2D eigenvalue weighted by Crippen LogP contribution is -2.35. The van der Waals surface area contributed by atoms with Crippen LogP contribution in [0.3, 0.4) is 0 Å². The van der Waals surface area contributed by atoms with Gasteiger partial charge in [0.2, 0.25) is 0 Å². The van der Waals surface area contributed by atoms with Gasteiger partial charge in [0, 0.05) is 69.1 Å². The fraction of sp³-hybridized carbons (Fsp3) is 0.530. The van der Waals surface area contributed by atoms with Crippen LogP contribution < -0.4 is 20.1 Å². The van der Waals surface area contributed by atoms with Gasteiger partial charge in [0.15, 0.2) is 11.6 Å². The Morgan fingerprint density at radius 3 is 2.44 bits per heavy atom. The molecule has 0 spiro atoms. The number of ketones is 2. The number of terminal acetylenes is 1. The fourth-order valence-electron chi connectivity index (χ4n) is 11.8. The van der Waals surface area contributed by atoms with E-state index in [1.54, 1.807) is 7.05 Å². The van der Waals surface area contributed by atoms with Gasteiger partial charge in [-0.05, 0) is 138 Å². The van der Waals surface area contributed by atoms with Crippen molar-refractivity contribution in [3.8, 4) is 53.0 Å². The minimum absolute atomic E-state index is 0.0280. The van der Waals surface area contributed by atoms with Crippen molar-refractivity contribution in [1.82, 2.24) is 33.9 Å². The first kappa shape index (κ1) is 64.2. The number of hydrogen-bond donors (Lipinski definition) is 1. The third-order valence-corrected chi connectivity index (χ3v) is 16.4. The number of piperidine rings is 1. The number of phenolic OH excluding ortho intramolecular Hbond substituents is 1. The SMILES string of the molecule is C#Cc1c(F)ccc2cc(O)cc(-c3ncc4c(N5CCCC(C)C5)nc(OC)nc4c3F)c12.CC(=O)OCC1CCC2CCCN21.CCCC(=O)CCC(C(C)=O)n1c(=O)n(C)c2c(OCC#CCN(CCC)CCC(C)CC)cccc21. The molecule has 1 N–H and O–H groups in total. The number of aromatic nitrogens is 5. The lowest BCUT2D eigenvalue weighted by atomic mass is 9.95. The number of carbonyl (C=O) groups is 3. The van der Waals surface area contributed by atoms with Crippen LogP contribution in [-0.4, -0.2) is 128 Å². The number of anilines is 1. The second kappa shape index (κ2) is 30.4. The minimum atomic E-state index is -0.733. The van der Waals surface area contributed by atoms with Crippen molar-refractivity contribution in [3.05, 3.63) is 76.3 Å². The van der Waals surface area contributed by atoms with Crippen LogP contribution in [0.5, 0.6) is 17.5 Å². The van der Waals surface area contributed by atoms with Crippen molar-refractivity contribution in [1.29, 1.82) is 0 Å². The van der Waals surface area contributed by atoms with E-state index in [0.717, 1.165) is 63.8 Å². The molecule has 3 aromatic carbocycles. The summed E-state index contributed by atoms with van der Waals surface area (Å²) in [6, 6.07) is 11.6. The van der Waals surface area contributed by atoms with E-state index >= 15 is 4.39 Å². The number of benzene rings is 3. The van der Waals surface area contributed by atoms with E-state index in [0.29, 0.717) is 71.3 Å². The summed E-state index contributed by atoms with van der Waals surface area (Å²) >= 11 is 0. The summed E-state index contributed by atoms with van der Waals surface area (Å²) in [6.45, 7) is 20.2. The fourth-order valence-corrected chi connectivity index (χ4v) is 11.8. The number of phenols is 1. The first-order valence-corrected chi connectivity index (χ1v) is 29.9. The van der Waals surface area contributed by atoms with Crippen LogP contribution in [0.2, 0.25) is 0 Å². The van der Waals surface area contributed by atoms with E-state index in [1.807, 2.05) is 25.1 Å². The molecule has 3 aliphatic rings. The number of esters is 1. The molecule has 0 radical (unpaired) electrons. The number of rotatable bonds is 21.